The average Bonchev–Trinajstić information content (AvgIpc) is 2.94. The SMILES string of the molecule is CC(C)c1cccc(NC(N)=NCc2ccc(S(N)(=O)=O)s2)c1. The van der Waals surface area contributed by atoms with Gasteiger partial charge in [0, 0.05) is 10.6 Å². The first kappa shape index (κ1) is 17.5. The van der Waals surface area contributed by atoms with Crippen LogP contribution in [-0.2, 0) is 16.6 Å². The number of rotatable bonds is 5. The van der Waals surface area contributed by atoms with E-state index in [0.29, 0.717) is 12.5 Å². The summed E-state index contributed by atoms with van der Waals surface area (Å²) >= 11 is 1.09. The van der Waals surface area contributed by atoms with Gasteiger partial charge in [-0.25, -0.2) is 18.5 Å². The summed E-state index contributed by atoms with van der Waals surface area (Å²) in [7, 11) is -3.66. The number of benzene rings is 1. The molecule has 2 aromatic rings. The molecular formula is C15H20N4O2S2. The largest absolute Gasteiger partial charge is 0.370 e. The van der Waals surface area contributed by atoms with Crippen LogP contribution < -0.4 is 16.2 Å². The highest BCUT2D eigenvalue weighted by molar-refractivity contribution is 7.91. The predicted molar refractivity (Wildman–Crippen MR) is 95.2 cm³/mol. The van der Waals surface area contributed by atoms with E-state index in [1.54, 1.807) is 6.07 Å². The number of nitrogens with zero attached hydrogens (tertiary/aromatic N) is 1. The van der Waals surface area contributed by atoms with Crippen LogP contribution in [0.15, 0.2) is 45.6 Å². The third-order valence-electron chi connectivity index (χ3n) is 3.15. The van der Waals surface area contributed by atoms with Crippen LogP contribution in [0.4, 0.5) is 5.69 Å². The zero-order chi connectivity index (χ0) is 17.0. The summed E-state index contributed by atoms with van der Waals surface area (Å²) < 4.78 is 22.6. The lowest BCUT2D eigenvalue weighted by molar-refractivity contribution is 0.600. The molecule has 6 nitrogen and oxygen atoms in total. The molecule has 0 aliphatic rings. The summed E-state index contributed by atoms with van der Waals surface area (Å²) in [5.74, 6) is 0.703. The highest BCUT2D eigenvalue weighted by Crippen LogP contribution is 2.21. The monoisotopic (exact) mass is 352 g/mol. The number of guanidine groups is 1. The van der Waals surface area contributed by atoms with Crippen molar-refractivity contribution in [3.05, 3.63) is 46.8 Å². The first-order valence-electron chi connectivity index (χ1n) is 7.04. The molecule has 0 saturated heterocycles. The molecule has 0 bridgehead atoms. The fourth-order valence-electron chi connectivity index (χ4n) is 1.92. The Morgan fingerprint density at radius 2 is 2.04 bits per heavy atom. The maximum atomic E-state index is 11.2. The fraction of sp³-hybridized carbons (Fsp3) is 0.267. The molecule has 1 aromatic carbocycles. The van der Waals surface area contributed by atoms with Crippen LogP contribution in [0.2, 0.25) is 0 Å². The van der Waals surface area contributed by atoms with Gasteiger partial charge in [0.15, 0.2) is 5.96 Å². The summed E-state index contributed by atoms with van der Waals surface area (Å²) in [5, 5.41) is 8.11. The molecule has 0 aliphatic heterocycles. The number of thiophene rings is 1. The Kier molecular flexibility index (Phi) is 5.40. The molecule has 0 amide bonds. The lowest BCUT2D eigenvalue weighted by Crippen LogP contribution is -2.22. The van der Waals surface area contributed by atoms with Crippen LogP contribution in [0, 0.1) is 0 Å². The van der Waals surface area contributed by atoms with Gasteiger partial charge >= 0.3 is 0 Å². The van der Waals surface area contributed by atoms with Gasteiger partial charge in [-0.2, -0.15) is 0 Å². The van der Waals surface area contributed by atoms with Gasteiger partial charge in [-0.15, -0.1) is 11.3 Å². The smallest absolute Gasteiger partial charge is 0.247 e. The summed E-state index contributed by atoms with van der Waals surface area (Å²) in [4.78, 5) is 4.99. The van der Waals surface area contributed by atoms with Crippen LogP contribution in [0.5, 0.6) is 0 Å². The molecule has 1 aromatic heterocycles. The van der Waals surface area contributed by atoms with E-state index >= 15 is 0 Å². The van der Waals surface area contributed by atoms with Gasteiger partial charge in [-0.05, 0) is 35.7 Å². The molecule has 2 rings (SSSR count). The molecule has 124 valence electrons. The van der Waals surface area contributed by atoms with E-state index < -0.39 is 10.0 Å². The number of aliphatic imine (C=N–C) groups is 1. The van der Waals surface area contributed by atoms with Gasteiger partial charge in [0.1, 0.15) is 4.21 Å². The molecule has 0 unspecified atom stereocenters. The first-order valence-corrected chi connectivity index (χ1v) is 9.40. The van der Waals surface area contributed by atoms with Crippen LogP contribution in [0.1, 0.15) is 30.2 Å². The molecule has 0 saturated carbocycles. The van der Waals surface area contributed by atoms with E-state index in [4.69, 9.17) is 10.9 Å². The van der Waals surface area contributed by atoms with Gasteiger partial charge in [0.05, 0.1) is 6.54 Å². The van der Waals surface area contributed by atoms with Gasteiger partial charge in [0.2, 0.25) is 10.0 Å². The zero-order valence-corrected chi connectivity index (χ0v) is 14.6. The number of nitrogens with one attached hydrogen (secondary N) is 1. The van der Waals surface area contributed by atoms with Gasteiger partial charge in [-0.3, -0.25) is 0 Å². The highest BCUT2D eigenvalue weighted by atomic mass is 32.2. The standard InChI is InChI=1S/C15H20N4O2S2/c1-10(2)11-4-3-5-12(8-11)19-15(16)18-9-13-6-7-14(22-13)23(17,20)21/h3-8,10H,9H2,1-2H3,(H3,16,18,19)(H2,17,20,21). The Balaban J connectivity index is 2.03. The summed E-state index contributed by atoms with van der Waals surface area (Å²) in [5.41, 5.74) is 7.95. The number of anilines is 1. The van der Waals surface area contributed by atoms with Crippen LogP contribution >= 0.6 is 11.3 Å². The molecule has 0 atom stereocenters. The van der Waals surface area contributed by atoms with E-state index in [1.807, 2.05) is 18.2 Å². The minimum Gasteiger partial charge on any atom is -0.370 e. The van der Waals surface area contributed by atoms with Gasteiger partial charge in [0.25, 0.3) is 0 Å². The molecule has 1 heterocycles. The van der Waals surface area contributed by atoms with Crippen molar-refractivity contribution >= 4 is 33.0 Å². The topological polar surface area (TPSA) is 111 Å². The lowest BCUT2D eigenvalue weighted by atomic mass is 10.0. The van der Waals surface area contributed by atoms with Crippen LogP contribution in [0.25, 0.3) is 0 Å². The average molecular weight is 352 g/mol. The van der Waals surface area contributed by atoms with Gasteiger partial charge < -0.3 is 11.1 Å². The molecule has 5 N–H and O–H groups in total. The first-order chi connectivity index (χ1) is 10.8. The Bertz CT molecular complexity index is 810. The maximum absolute atomic E-state index is 11.2. The normalized spacial score (nSPS) is 12.6. The Hall–Kier alpha value is -1.90. The number of hydrogen-bond acceptors (Lipinski definition) is 4. The van der Waals surface area contributed by atoms with Crippen molar-refractivity contribution in [1.29, 1.82) is 0 Å². The molecular weight excluding hydrogens is 332 g/mol. The molecule has 0 fully saturated rings. The maximum Gasteiger partial charge on any atom is 0.247 e. The Morgan fingerprint density at radius 3 is 2.65 bits per heavy atom. The Labute approximate surface area is 140 Å². The van der Waals surface area contributed by atoms with E-state index in [0.717, 1.165) is 21.9 Å². The van der Waals surface area contributed by atoms with Crippen molar-refractivity contribution in [2.75, 3.05) is 5.32 Å². The summed E-state index contributed by atoms with van der Waals surface area (Å²) in [6, 6.07) is 11.1. The number of primary sulfonamides is 1. The summed E-state index contributed by atoms with van der Waals surface area (Å²) in [6.07, 6.45) is 0. The lowest BCUT2D eigenvalue weighted by Gasteiger charge is -2.09. The quantitative estimate of drug-likeness (QED) is 0.567. The zero-order valence-electron chi connectivity index (χ0n) is 13.0. The molecule has 23 heavy (non-hydrogen) atoms. The van der Waals surface area contributed by atoms with E-state index in [-0.39, 0.29) is 10.2 Å². The predicted octanol–water partition coefficient (Wildman–Crippen LogP) is 2.45. The van der Waals surface area contributed by atoms with E-state index in [1.165, 1.54) is 11.6 Å². The summed E-state index contributed by atoms with van der Waals surface area (Å²) in [6.45, 7) is 4.54. The van der Waals surface area contributed by atoms with E-state index in [2.05, 4.69) is 30.2 Å². The van der Waals surface area contributed by atoms with Crippen molar-refractivity contribution in [3.63, 3.8) is 0 Å². The molecule has 8 heteroatoms. The molecule has 0 aliphatic carbocycles. The molecule has 0 spiro atoms. The second-order valence-electron chi connectivity index (χ2n) is 5.37. The minimum absolute atomic E-state index is 0.124. The van der Waals surface area contributed by atoms with E-state index in [9.17, 15) is 8.42 Å². The number of hydrogen-bond donors (Lipinski definition) is 3. The highest BCUT2D eigenvalue weighted by Gasteiger charge is 2.10. The van der Waals surface area contributed by atoms with Crippen molar-refractivity contribution in [3.8, 4) is 0 Å². The van der Waals surface area contributed by atoms with Crippen molar-refractivity contribution in [1.82, 2.24) is 0 Å². The Morgan fingerprint density at radius 1 is 1.30 bits per heavy atom. The second-order valence-corrected chi connectivity index (χ2v) is 8.33. The van der Waals surface area contributed by atoms with Crippen LogP contribution in [-0.4, -0.2) is 14.4 Å². The number of sulfonamides is 1. The number of nitrogens with two attached hydrogens (primary N) is 2. The van der Waals surface area contributed by atoms with Crippen molar-refractivity contribution in [2.45, 2.75) is 30.5 Å². The van der Waals surface area contributed by atoms with Gasteiger partial charge in [-0.1, -0.05) is 26.0 Å². The second kappa shape index (κ2) is 7.12. The fourth-order valence-corrected chi connectivity index (χ4v) is 3.63. The van der Waals surface area contributed by atoms with Crippen molar-refractivity contribution in [2.24, 2.45) is 15.9 Å². The molecule has 0 radical (unpaired) electrons. The van der Waals surface area contributed by atoms with Crippen molar-refractivity contribution < 1.29 is 8.42 Å². The third kappa shape index (κ3) is 5.05. The third-order valence-corrected chi connectivity index (χ3v) is 5.66. The minimum atomic E-state index is -3.66. The van der Waals surface area contributed by atoms with Crippen LogP contribution in [0.3, 0.4) is 0 Å².